The van der Waals surface area contributed by atoms with E-state index in [1.54, 1.807) is 0 Å². The minimum atomic E-state index is 0.480. The smallest absolute Gasteiger partial charge is 0.185 e. The second-order valence-corrected chi connectivity index (χ2v) is 1.60. The fourth-order valence-electron chi connectivity index (χ4n) is 0.485. The first-order valence-electron chi connectivity index (χ1n) is 2.23. The van der Waals surface area contributed by atoms with Crippen LogP contribution in [0.2, 0.25) is 0 Å². The van der Waals surface area contributed by atoms with E-state index in [2.05, 4.69) is 11.3 Å². The van der Waals surface area contributed by atoms with Gasteiger partial charge in [-0.25, -0.2) is 15.8 Å². The van der Waals surface area contributed by atoms with Crippen LogP contribution in [0, 0.1) is 0 Å². The summed E-state index contributed by atoms with van der Waals surface area (Å²) in [5, 5.41) is 2.78. The van der Waals surface area contributed by atoms with Crippen LogP contribution in [0.4, 0.5) is 0 Å². The molecular weight excluding hydrogens is 106 g/mol. The van der Waals surface area contributed by atoms with E-state index in [9.17, 15) is 0 Å². The lowest BCUT2D eigenvalue weighted by atomic mass is 10.8. The Morgan fingerprint density at radius 1 is 1.50 bits per heavy atom. The molecule has 8 heavy (non-hydrogen) atoms. The monoisotopic (exact) mass is 114 g/mol. The lowest BCUT2D eigenvalue weighted by Crippen LogP contribution is -2.48. The number of aliphatic imine (C=N–C) groups is 1. The van der Waals surface area contributed by atoms with Gasteiger partial charge in [-0.05, 0) is 0 Å². The van der Waals surface area contributed by atoms with Gasteiger partial charge in [0.1, 0.15) is 13.3 Å². The average Bonchev–Trinajstić information content (AvgIpc) is 1.64. The van der Waals surface area contributed by atoms with E-state index in [-0.39, 0.29) is 0 Å². The zero-order valence-corrected chi connectivity index (χ0v) is 4.41. The first-order chi connectivity index (χ1) is 3.79. The maximum absolute atomic E-state index is 5.30. The molecule has 1 radical (unpaired) electrons. The van der Waals surface area contributed by atoms with E-state index in [1.807, 2.05) is 0 Å². The van der Waals surface area contributed by atoms with E-state index < -0.39 is 0 Å². The molecular formula is C3H8N5. The van der Waals surface area contributed by atoms with E-state index in [0.29, 0.717) is 13.3 Å². The Labute approximate surface area is 47.5 Å². The Bertz CT molecular complexity index is 99.8. The largest absolute Gasteiger partial charge is 0.276 e. The van der Waals surface area contributed by atoms with Crippen LogP contribution in [-0.2, 0) is 0 Å². The highest BCUT2D eigenvalue weighted by Crippen LogP contribution is 1.85. The minimum absolute atomic E-state index is 0.480. The summed E-state index contributed by atoms with van der Waals surface area (Å²) in [6.45, 7) is 0.969. The quantitative estimate of drug-likeness (QED) is 0.363. The highest BCUT2D eigenvalue weighted by atomic mass is 15.6. The third kappa shape index (κ3) is 1.16. The van der Waals surface area contributed by atoms with Gasteiger partial charge in [-0.1, -0.05) is 0 Å². The van der Waals surface area contributed by atoms with Crippen LogP contribution in [-0.4, -0.2) is 29.7 Å². The van der Waals surface area contributed by atoms with Crippen molar-refractivity contribution < 1.29 is 0 Å². The van der Waals surface area contributed by atoms with Gasteiger partial charge in [-0.3, -0.25) is 10.9 Å². The summed E-state index contributed by atoms with van der Waals surface area (Å²) in [4.78, 5) is 3.69. The summed E-state index contributed by atoms with van der Waals surface area (Å²) >= 11 is 0. The van der Waals surface area contributed by atoms with Crippen LogP contribution in [0.5, 0.6) is 0 Å². The van der Waals surface area contributed by atoms with Crippen molar-refractivity contribution in [2.45, 2.75) is 0 Å². The summed E-state index contributed by atoms with van der Waals surface area (Å²) in [5.41, 5.74) is 0. The van der Waals surface area contributed by atoms with Crippen LogP contribution in [0.25, 0.3) is 0 Å². The van der Waals surface area contributed by atoms with Gasteiger partial charge < -0.3 is 0 Å². The SMILES string of the molecule is NN1[C]=NCN(N)C1. The maximum atomic E-state index is 5.30. The summed E-state index contributed by atoms with van der Waals surface area (Å²) in [6, 6.07) is 0. The highest BCUT2D eigenvalue weighted by molar-refractivity contribution is 5.54. The first kappa shape index (κ1) is 5.49. The molecule has 1 aliphatic rings. The molecule has 0 aromatic rings. The average molecular weight is 114 g/mol. The summed E-state index contributed by atoms with van der Waals surface area (Å²) < 4.78 is 0. The Hall–Kier alpha value is -0.650. The zero-order valence-electron chi connectivity index (χ0n) is 4.41. The lowest BCUT2D eigenvalue weighted by molar-refractivity contribution is 0.183. The van der Waals surface area contributed by atoms with Gasteiger partial charge in [-0.2, -0.15) is 0 Å². The van der Waals surface area contributed by atoms with Gasteiger partial charge >= 0.3 is 0 Å². The molecule has 0 aliphatic carbocycles. The minimum Gasteiger partial charge on any atom is -0.276 e. The molecule has 5 nitrogen and oxygen atoms in total. The Morgan fingerprint density at radius 2 is 2.25 bits per heavy atom. The second kappa shape index (κ2) is 2.08. The molecule has 0 saturated carbocycles. The summed E-state index contributed by atoms with van der Waals surface area (Å²) in [7, 11) is 0. The zero-order chi connectivity index (χ0) is 5.98. The number of nitrogens with two attached hydrogens (primary N) is 2. The van der Waals surface area contributed by atoms with Gasteiger partial charge in [-0.15, -0.1) is 0 Å². The maximum Gasteiger partial charge on any atom is 0.185 e. The van der Waals surface area contributed by atoms with Crippen molar-refractivity contribution in [1.29, 1.82) is 0 Å². The first-order valence-corrected chi connectivity index (χ1v) is 2.23. The van der Waals surface area contributed by atoms with Crippen LogP contribution in [0.1, 0.15) is 0 Å². The third-order valence-electron chi connectivity index (χ3n) is 0.786. The van der Waals surface area contributed by atoms with Crippen molar-refractivity contribution in [3.05, 3.63) is 0 Å². The Morgan fingerprint density at radius 3 is 2.62 bits per heavy atom. The van der Waals surface area contributed by atoms with Crippen LogP contribution in [0.15, 0.2) is 4.99 Å². The van der Waals surface area contributed by atoms with Crippen LogP contribution < -0.4 is 11.7 Å². The van der Waals surface area contributed by atoms with Gasteiger partial charge in [0.25, 0.3) is 0 Å². The molecule has 0 saturated heterocycles. The fourth-order valence-corrected chi connectivity index (χ4v) is 0.485. The van der Waals surface area contributed by atoms with E-state index in [1.165, 1.54) is 10.0 Å². The third-order valence-corrected chi connectivity index (χ3v) is 0.786. The van der Waals surface area contributed by atoms with Crippen molar-refractivity contribution >= 4 is 6.34 Å². The Kier molecular flexibility index (Phi) is 1.43. The van der Waals surface area contributed by atoms with E-state index in [0.717, 1.165) is 0 Å². The lowest BCUT2D eigenvalue weighted by Gasteiger charge is -2.22. The number of rotatable bonds is 0. The fraction of sp³-hybridized carbons (Fsp3) is 0.667. The van der Waals surface area contributed by atoms with Gasteiger partial charge in [0, 0.05) is 0 Å². The number of hydrogen-bond donors (Lipinski definition) is 2. The highest BCUT2D eigenvalue weighted by Gasteiger charge is 2.04. The van der Waals surface area contributed by atoms with Gasteiger partial charge in [0.05, 0.1) is 0 Å². The van der Waals surface area contributed by atoms with Crippen LogP contribution >= 0.6 is 0 Å². The van der Waals surface area contributed by atoms with Crippen molar-refractivity contribution in [3.8, 4) is 0 Å². The van der Waals surface area contributed by atoms with Gasteiger partial charge in [0.2, 0.25) is 0 Å². The van der Waals surface area contributed by atoms with Crippen molar-refractivity contribution in [2.75, 3.05) is 13.3 Å². The molecule has 45 valence electrons. The predicted molar refractivity (Wildman–Crippen MR) is 29.2 cm³/mol. The molecule has 1 heterocycles. The number of nitrogens with zero attached hydrogens (tertiary/aromatic N) is 3. The molecule has 0 aromatic carbocycles. The molecule has 0 bridgehead atoms. The van der Waals surface area contributed by atoms with Crippen molar-refractivity contribution in [1.82, 2.24) is 10.0 Å². The molecule has 0 spiro atoms. The van der Waals surface area contributed by atoms with E-state index in [4.69, 9.17) is 11.7 Å². The molecule has 0 aromatic heterocycles. The molecule has 0 fully saturated rings. The number of hydrogen-bond acceptors (Lipinski definition) is 5. The van der Waals surface area contributed by atoms with Crippen LogP contribution in [0.3, 0.4) is 0 Å². The standard InChI is InChI=1S/C3H8N5/c4-7-1-6-2-8(5)3-7/h1,3-5H2. The normalized spacial score (nSPS) is 22.0. The van der Waals surface area contributed by atoms with Gasteiger partial charge in [0.15, 0.2) is 6.34 Å². The second-order valence-electron chi connectivity index (χ2n) is 1.60. The molecule has 0 unspecified atom stereocenters. The number of hydrazine groups is 2. The van der Waals surface area contributed by atoms with E-state index >= 15 is 0 Å². The summed E-state index contributed by atoms with van der Waals surface area (Å²) in [5.74, 6) is 10.5. The molecule has 0 amide bonds. The molecule has 5 heteroatoms. The topological polar surface area (TPSA) is 70.9 Å². The molecule has 1 aliphatic heterocycles. The molecule has 0 atom stereocenters. The van der Waals surface area contributed by atoms with Crippen molar-refractivity contribution in [2.24, 2.45) is 16.7 Å². The molecule has 1 rings (SSSR count). The molecule has 4 N–H and O–H groups in total. The Balaban J connectivity index is 2.42. The predicted octanol–water partition coefficient (Wildman–Crippen LogP) is -1.83. The summed E-state index contributed by atoms with van der Waals surface area (Å²) in [6.07, 6.45) is 2.53. The van der Waals surface area contributed by atoms with Crippen molar-refractivity contribution in [3.63, 3.8) is 0 Å².